The third kappa shape index (κ3) is 0.564. The van der Waals surface area contributed by atoms with E-state index in [-0.39, 0.29) is 11.6 Å². The fraction of sp³-hybridized carbons (Fsp3) is 0.600. The van der Waals surface area contributed by atoms with E-state index in [1.807, 2.05) is 6.08 Å². The van der Waals surface area contributed by atoms with E-state index < -0.39 is 0 Å². The molecule has 0 aromatic carbocycles. The average molecular weight is 124 g/mol. The first-order chi connectivity index (χ1) is 4.33. The molecule has 1 spiro atoms. The Morgan fingerprint density at radius 1 is 1.78 bits per heavy atom. The summed E-state index contributed by atoms with van der Waals surface area (Å²) in [4.78, 5) is 0. The lowest BCUT2D eigenvalue weighted by molar-refractivity contribution is 0.554. The van der Waals surface area contributed by atoms with Crippen LogP contribution in [-0.2, 0) is 0 Å². The molecule has 2 atom stereocenters. The predicted molar refractivity (Wildman–Crippen MR) is 32.5 cm³/mol. The highest BCUT2D eigenvalue weighted by atomic mass is 15.5. The zero-order valence-electron chi connectivity index (χ0n) is 4.91. The van der Waals surface area contributed by atoms with Crippen LogP contribution in [0.25, 0.3) is 0 Å². The Morgan fingerprint density at radius 2 is 2.56 bits per heavy atom. The Hall–Kier alpha value is -0.900. The highest BCUT2D eigenvalue weighted by molar-refractivity contribution is 5.25. The van der Waals surface area contributed by atoms with E-state index in [1.54, 1.807) is 6.20 Å². The first kappa shape index (κ1) is 4.93. The van der Waals surface area contributed by atoms with Gasteiger partial charge in [-0.1, -0.05) is 5.22 Å². The third-order valence-electron chi connectivity index (χ3n) is 1.81. The lowest BCUT2D eigenvalue weighted by Crippen LogP contribution is -2.32. The van der Waals surface area contributed by atoms with Crippen molar-refractivity contribution < 1.29 is 0 Å². The Labute approximate surface area is 52.8 Å². The molecule has 9 heavy (non-hydrogen) atoms. The number of nitrogens with two attached hydrogens (primary N) is 1. The van der Waals surface area contributed by atoms with Crippen molar-refractivity contribution in [2.24, 2.45) is 16.1 Å². The molecule has 4 heteroatoms. The van der Waals surface area contributed by atoms with Gasteiger partial charge in [-0.2, -0.15) is 0 Å². The molecule has 0 amide bonds. The standard InChI is InChI=1S/C5H8N4/c6-4-3-5(4)1-2-7-9-8-5/h1-2,4H,3,6H2,(H,7,8)/t4-,5-/m1/s1. The SMILES string of the molecule is N[C@@H]1C[C@]12C=CN=NN2. The van der Waals surface area contributed by atoms with E-state index in [0.717, 1.165) is 6.42 Å². The summed E-state index contributed by atoms with van der Waals surface area (Å²) < 4.78 is 0. The zero-order valence-corrected chi connectivity index (χ0v) is 4.91. The molecule has 2 aliphatic rings. The van der Waals surface area contributed by atoms with Crippen LogP contribution in [0.1, 0.15) is 6.42 Å². The summed E-state index contributed by atoms with van der Waals surface area (Å²) in [6.07, 6.45) is 4.62. The highest BCUT2D eigenvalue weighted by Gasteiger charge is 2.51. The van der Waals surface area contributed by atoms with E-state index in [1.165, 1.54) is 0 Å². The van der Waals surface area contributed by atoms with Gasteiger partial charge in [0.25, 0.3) is 0 Å². The zero-order chi connectivity index (χ0) is 6.32. The van der Waals surface area contributed by atoms with Crippen LogP contribution in [0.15, 0.2) is 22.6 Å². The summed E-state index contributed by atoms with van der Waals surface area (Å²) in [6, 6.07) is 0.230. The van der Waals surface area contributed by atoms with Gasteiger partial charge >= 0.3 is 0 Å². The second-order valence-electron chi connectivity index (χ2n) is 2.49. The fourth-order valence-electron chi connectivity index (χ4n) is 0.984. The van der Waals surface area contributed by atoms with Crippen molar-refractivity contribution in [3.8, 4) is 0 Å². The summed E-state index contributed by atoms with van der Waals surface area (Å²) in [5.74, 6) is 0. The predicted octanol–water partition coefficient (Wildman–Crippen LogP) is -0.0597. The Balaban J connectivity index is 2.18. The minimum Gasteiger partial charge on any atom is -0.325 e. The lowest BCUT2D eigenvalue weighted by Gasteiger charge is -2.10. The van der Waals surface area contributed by atoms with Gasteiger partial charge in [0.15, 0.2) is 0 Å². The maximum absolute atomic E-state index is 5.62. The van der Waals surface area contributed by atoms with Gasteiger partial charge in [0.2, 0.25) is 0 Å². The van der Waals surface area contributed by atoms with Crippen LogP contribution in [-0.4, -0.2) is 11.6 Å². The van der Waals surface area contributed by atoms with Crippen LogP contribution in [0.5, 0.6) is 0 Å². The van der Waals surface area contributed by atoms with E-state index in [2.05, 4.69) is 15.8 Å². The monoisotopic (exact) mass is 124 g/mol. The van der Waals surface area contributed by atoms with Gasteiger partial charge in [0, 0.05) is 12.2 Å². The summed E-state index contributed by atoms with van der Waals surface area (Å²) in [7, 11) is 0. The van der Waals surface area contributed by atoms with E-state index >= 15 is 0 Å². The minimum absolute atomic E-state index is 0.0260. The van der Waals surface area contributed by atoms with Gasteiger partial charge in [-0.25, -0.2) is 0 Å². The van der Waals surface area contributed by atoms with Gasteiger partial charge in [0.1, 0.15) is 0 Å². The van der Waals surface area contributed by atoms with Gasteiger partial charge in [-0.15, -0.1) is 5.11 Å². The molecule has 0 saturated heterocycles. The minimum atomic E-state index is -0.0260. The Kier molecular flexibility index (Phi) is 0.728. The summed E-state index contributed by atoms with van der Waals surface area (Å²) in [5, 5.41) is 7.28. The topological polar surface area (TPSA) is 62.8 Å². The molecule has 0 bridgehead atoms. The second-order valence-corrected chi connectivity index (χ2v) is 2.49. The van der Waals surface area contributed by atoms with Crippen molar-refractivity contribution in [3.63, 3.8) is 0 Å². The Morgan fingerprint density at radius 3 is 2.89 bits per heavy atom. The van der Waals surface area contributed by atoms with Crippen LogP contribution in [0.3, 0.4) is 0 Å². The first-order valence-corrected chi connectivity index (χ1v) is 2.94. The van der Waals surface area contributed by atoms with Crippen molar-refractivity contribution >= 4 is 0 Å². The van der Waals surface area contributed by atoms with Crippen LogP contribution in [0, 0.1) is 0 Å². The summed E-state index contributed by atoms with van der Waals surface area (Å²) in [5.41, 5.74) is 8.46. The molecule has 1 saturated carbocycles. The van der Waals surface area contributed by atoms with Gasteiger partial charge in [0.05, 0.1) is 5.54 Å². The van der Waals surface area contributed by atoms with E-state index in [9.17, 15) is 0 Å². The molecule has 0 radical (unpaired) electrons. The van der Waals surface area contributed by atoms with Crippen LogP contribution in [0.2, 0.25) is 0 Å². The molecular formula is C5H8N4. The smallest absolute Gasteiger partial charge is 0.0930 e. The second kappa shape index (κ2) is 1.33. The molecule has 2 rings (SSSR count). The van der Waals surface area contributed by atoms with Crippen LogP contribution < -0.4 is 11.2 Å². The quantitative estimate of drug-likeness (QED) is 0.475. The lowest BCUT2D eigenvalue weighted by atomic mass is 10.2. The summed E-state index contributed by atoms with van der Waals surface area (Å²) in [6.45, 7) is 0. The molecule has 4 nitrogen and oxygen atoms in total. The van der Waals surface area contributed by atoms with Crippen LogP contribution >= 0.6 is 0 Å². The van der Waals surface area contributed by atoms with Crippen molar-refractivity contribution in [2.45, 2.75) is 18.0 Å². The molecule has 48 valence electrons. The van der Waals surface area contributed by atoms with E-state index in [0.29, 0.717) is 0 Å². The molecule has 1 aliphatic heterocycles. The molecular weight excluding hydrogens is 116 g/mol. The van der Waals surface area contributed by atoms with Crippen LogP contribution in [0.4, 0.5) is 0 Å². The normalized spacial score (nSPS) is 45.2. The maximum Gasteiger partial charge on any atom is 0.0930 e. The number of hydrogen-bond donors (Lipinski definition) is 2. The van der Waals surface area contributed by atoms with Crippen molar-refractivity contribution in [1.82, 2.24) is 5.43 Å². The Bertz CT molecular complexity index is 185. The number of nitrogens with zero attached hydrogens (tertiary/aromatic N) is 2. The molecule has 0 aromatic rings. The maximum atomic E-state index is 5.62. The third-order valence-corrected chi connectivity index (χ3v) is 1.81. The summed E-state index contributed by atoms with van der Waals surface area (Å²) >= 11 is 0. The molecule has 1 heterocycles. The van der Waals surface area contributed by atoms with Gasteiger partial charge in [-0.3, -0.25) is 5.43 Å². The van der Waals surface area contributed by atoms with Crippen molar-refractivity contribution in [2.75, 3.05) is 0 Å². The fourth-order valence-corrected chi connectivity index (χ4v) is 0.984. The average Bonchev–Trinajstić information content (AvgIpc) is 2.44. The van der Waals surface area contributed by atoms with Crippen molar-refractivity contribution in [3.05, 3.63) is 12.3 Å². The number of nitrogens with one attached hydrogen (secondary N) is 1. The first-order valence-electron chi connectivity index (χ1n) is 2.94. The highest BCUT2D eigenvalue weighted by Crippen LogP contribution is 2.36. The molecule has 1 aliphatic carbocycles. The number of hydrogen-bond acceptors (Lipinski definition) is 4. The van der Waals surface area contributed by atoms with Crippen molar-refractivity contribution in [1.29, 1.82) is 0 Å². The number of rotatable bonds is 0. The molecule has 0 aromatic heterocycles. The van der Waals surface area contributed by atoms with Gasteiger partial charge < -0.3 is 5.73 Å². The van der Waals surface area contributed by atoms with Gasteiger partial charge in [-0.05, 0) is 12.5 Å². The molecule has 0 unspecified atom stereocenters. The largest absolute Gasteiger partial charge is 0.325 e. The molecule has 1 fully saturated rings. The molecule has 3 N–H and O–H groups in total. The van der Waals surface area contributed by atoms with E-state index in [4.69, 9.17) is 5.73 Å².